The van der Waals surface area contributed by atoms with E-state index in [9.17, 15) is 0 Å². The van der Waals surface area contributed by atoms with Gasteiger partial charge in [-0.15, -0.1) is 0 Å². The maximum atomic E-state index is 6.69. The Labute approximate surface area is 117 Å². The molecule has 1 fully saturated rings. The fourth-order valence-corrected chi connectivity index (χ4v) is 3.39. The number of nitrogens with two attached hydrogens (primary N) is 1. The van der Waals surface area contributed by atoms with Crippen molar-refractivity contribution in [2.45, 2.75) is 77.3 Å². The normalized spacial score (nSPS) is 28.3. The van der Waals surface area contributed by atoms with Crippen molar-refractivity contribution >= 4 is 0 Å². The second-order valence-corrected chi connectivity index (χ2v) is 6.23. The molecule has 0 spiro atoms. The Hall–Kier alpha value is -0.830. The van der Waals surface area contributed by atoms with E-state index in [0.717, 1.165) is 31.7 Å². The van der Waals surface area contributed by atoms with Crippen molar-refractivity contribution in [2.75, 3.05) is 0 Å². The summed E-state index contributed by atoms with van der Waals surface area (Å²) in [6.07, 6.45) is 14.1. The van der Waals surface area contributed by atoms with Crippen LogP contribution in [0, 0.1) is 5.92 Å². The minimum Gasteiger partial charge on any atom is -0.321 e. The first-order valence-electron chi connectivity index (χ1n) is 7.99. The van der Waals surface area contributed by atoms with Crippen LogP contribution in [0.15, 0.2) is 12.4 Å². The van der Waals surface area contributed by atoms with Gasteiger partial charge in [0.2, 0.25) is 0 Å². The van der Waals surface area contributed by atoms with Gasteiger partial charge in [-0.25, -0.2) is 0 Å². The summed E-state index contributed by atoms with van der Waals surface area (Å²) >= 11 is 0. The molecule has 1 saturated carbocycles. The first-order chi connectivity index (χ1) is 9.18. The maximum Gasteiger partial charge on any atom is 0.0540 e. The van der Waals surface area contributed by atoms with Crippen LogP contribution in [0.1, 0.15) is 70.8 Å². The molecule has 0 aliphatic heterocycles. The van der Waals surface area contributed by atoms with Crippen molar-refractivity contribution in [3.63, 3.8) is 0 Å². The average molecular weight is 263 g/mol. The highest BCUT2D eigenvalue weighted by Gasteiger charge is 2.31. The topological polar surface area (TPSA) is 43.8 Å². The molecule has 0 amide bonds. The van der Waals surface area contributed by atoms with E-state index < -0.39 is 0 Å². The second-order valence-electron chi connectivity index (χ2n) is 6.23. The Bertz CT molecular complexity index is 385. The van der Waals surface area contributed by atoms with Gasteiger partial charge in [0.25, 0.3) is 0 Å². The van der Waals surface area contributed by atoms with E-state index in [-0.39, 0.29) is 5.54 Å². The van der Waals surface area contributed by atoms with Crippen LogP contribution in [0.4, 0.5) is 0 Å². The van der Waals surface area contributed by atoms with Crippen molar-refractivity contribution in [3.8, 4) is 0 Å². The standard InChI is InChI=1S/C16H29N3/c1-3-6-14-7-5-9-16(17,10-8-14)15-12-18-19(13-15)11-4-2/h12-14H,3-11,17H2,1-2H3. The summed E-state index contributed by atoms with van der Waals surface area (Å²) in [6, 6.07) is 0. The van der Waals surface area contributed by atoms with Crippen molar-refractivity contribution in [2.24, 2.45) is 11.7 Å². The molecule has 1 heterocycles. The highest BCUT2D eigenvalue weighted by atomic mass is 15.3. The number of rotatable bonds is 5. The molecule has 1 aromatic heterocycles. The van der Waals surface area contributed by atoms with Gasteiger partial charge in [-0.3, -0.25) is 4.68 Å². The third kappa shape index (κ3) is 3.59. The zero-order chi connectivity index (χ0) is 13.7. The zero-order valence-electron chi connectivity index (χ0n) is 12.6. The molecular weight excluding hydrogens is 234 g/mol. The van der Waals surface area contributed by atoms with Gasteiger partial charge in [-0.05, 0) is 31.6 Å². The quantitative estimate of drug-likeness (QED) is 0.821. The molecular formula is C16H29N3. The molecule has 0 aromatic carbocycles. The lowest BCUT2D eigenvalue weighted by Gasteiger charge is -2.27. The summed E-state index contributed by atoms with van der Waals surface area (Å²) in [5.74, 6) is 0.890. The number of hydrogen-bond acceptors (Lipinski definition) is 2. The highest BCUT2D eigenvalue weighted by molar-refractivity contribution is 5.18. The van der Waals surface area contributed by atoms with E-state index in [4.69, 9.17) is 5.73 Å². The van der Waals surface area contributed by atoms with E-state index in [0.29, 0.717) is 0 Å². The van der Waals surface area contributed by atoms with E-state index in [1.165, 1.54) is 37.7 Å². The summed E-state index contributed by atoms with van der Waals surface area (Å²) in [7, 11) is 0. The van der Waals surface area contributed by atoms with Crippen molar-refractivity contribution in [1.29, 1.82) is 0 Å². The smallest absolute Gasteiger partial charge is 0.0540 e. The van der Waals surface area contributed by atoms with Gasteiger partial charge in [0.15, 0.2) is 0 Å². The van der Waals surface area contributed by atoms with Gasteiger partial charge < -0.3 is 5.73 Å². The number of nitrogens with zero attached hydrogens (tertiary/aromatic N) is 2. The van der Waals surface area contributed by atoms with Gasteiger partial charge in [0.05, 0.1) is 6.20 Å². The molecule has 19 heavy (non-hydrogen) atoms. The molecule has 108 valence electrons. The summed E-state index contributed by atoms with van der Waals surface area (Å²) < 4.78 is 2.04. The van der Waals surface area contributed by atoms with Gasteiger partial charge >= 0.3 is 0 Å². The van der Waals surface area contributed by atoms with Gasteiger partial charge in [-0.2, -0.15) is 5.10 Å². The van der Waals surface area contributed by atoms with Gasteiger partial charge in [0.1, 0.15) is 0 Å². The molecule has 1 aliphatic carbocycles. The van der Waals surface area contributed by atoms with Crippen molar-refractivity contribution in [3.05, 3.63) is 18.0 Å². The monoisotopic (exact) mass is 263 g/mol. The minimum absolute atomic E-state index is 0.130. The lowest BCUT2D eigenvalue weighted by molar-refractivity contribution is 0.366. The van der Waals surface area contributed by atoms with Crippen LogP contribution in [-0.4, -0.2) is 9.78 Å². The predicted molar refractivity (Wildman–Crippen MR) is 79.9 cm³/mol. The third-order valence-corrected chi connectivity index (χ3v) is 4.59. The Morgan fingerprint density at radius 3 is 2.89 bits per heavy atom. The van der Waals surface area contributed by atoms with Crippen LogP contribution >= 0.6 is 0 Å². The molecule has 3 heteroatoms. The van der Waals surface area contributed by atoms with Gasteiger partial charge in [0, 0.05) is 23.8 Å². The Morgan fingerprint density at radius 2 is 2.16 bits per heavy atom. The largest absolute Gasteiger partial charge is 0.321 e. The molecule has 0 radical (unpaired) electrons. The molecule has 0 bridgehead atoms. The van der Waals surface area contributed by atoms with E-state index in [2.05, 4.69) is 25.1 Å². The third-order valence-electron chi connectivity index (χ3n) is 4.59. The van der Waals surface area contributed by atoms with E-state index in [1.54, 1.807) is 0 Å². The average Bonchev–Trinajstić information content (AvgIpc) is 2.78. The number of aryl methyl sites for hydroxylation is 1. The van der Waals surface area contributed by atoms with Crippen molar-refractivity contribution in [1.82, 2.24) is 9.78 Å². The van der Waals surface area contributed by atoms with Crippen molar-refractivity contribution < 1.29 is 0 Å². The van der Waals surface area contributed by atoms with Crippen LogP contribution < -0.4 is 5.73 Å². The fourth-order valence-electron chi connectivity index (χ4n) is 3.39. The lowest BCUT2D eigenvalue weighted by Crippen LogP contribution is -2.35. The lowest BCUT2D eigenvalue weighted by atomic mass is 9.85. The summed E-state index contributed by atoms with van der Waals surface area (Å²) in [4.78, 5) is 0. The summed E-state index contributed by atoms with van der Waals surface area (Å²) in [6.45, 7) is 5.46. The Morgan fingerprint density at radius 1 is 1.32 bits per heavy atom. The fraction of sp³-hybridized carbons (Fsp3) is 0.812. The molecule has 0 saturated heterocycles. The summed E-state index contributed by atoms with van der Waals surface area (Å²) in [5, 5.41) is 4.45. The van der Waals surface area contributed by atoms with E-state index >= 15 is 0 Å². The molecule has 2 unspecified atom stereocenters. The first kappa shape index (κ1) is 14.6. The molecule has 3 nitrogen and oxygen atoms in total. The van der Waals surface area contributed by atoms with Crippen LogP contribution in [-0.2, 0) is 12.1 Å². The SMILES string of the molecule is CCCC1CCCC(N)(c2cnn(CCC)c2)CC1. The first-order valence-corrected chi connectivity index (χ1v) is 7.99. The maximum absolute atomic E-state index is 6.69. The highest BCUT2D eigenvalue weighted by Crippen LogP contribution is 2.37. The number of hydrogen-bond donors (Lipinski definition) is 1. The Balaban J connectivity index is 2.04. The van der Waals surface area contributed by atoms with Crippen LogP contribution in [0.2, 0.25) is 0 Å². The minimum atomic E-state index is -0.130. The van der Waals surface area contributed by atoms with Crippen LogP contribution in [0.3, 0.4) is 0 Å². The number of aromatic nitrogens is 2. The summed E-state index contributed by atoms with van der Waals surface area (Å²) in [5.41, 5.74) is 7.81. The zero-order valence-corrected chi connectivity index (χ0v) is 12.6. The molecule has 1 aromatic rings. The Kier molecular flexibility index (Phi) is 5.03. The van der Waals surface area contributed by atoms with Crippen LogP contribution in [0.5, 0.6) is 0 Å². The molecule has 2 atom stereocenters. The van der Waals surface area contributed by atoms with Gasteiger partial charge in [-0.1, -0.05) is 39.5 Å². The van der Waals surface area contributed by atoms with E-state index in [1.807, 2.05) is 10.9 Å². The van der Waals surface area contributed by atoms with Crippen LogP contribution in [0.25, 0.3) is 0 Å². The molecule has 2 rings (SSSR count). The predicted octanol–water partition coefficient (Wildman–Crippen LogP) is 3.83. The molecule has 2 N–H and O–H groups in total. The second kappa shape index (κ2) is 6.56. The molecule has 1 aliphatic rings.